The van der Waals surface area contributed by atoms with Gasteiger partial charge >= 0.3 is 0 Å². The summed E-state index contributed by atoms with van der Waals surface area (Å²) < 4.78 is 12.7. The van der Waals surface area contributed by atoms with E-state index in [0.717, 1.165) is 5.16 Å². The first-order chi connectivity index (χ1) is 11.6. The molecule has 0 N–H and O–H groups in total. The van der Waals surface area contributed by atoms with Crippen LogP contribution in [0.15, 0.2) is 45.1 Å². The second kappa shape index (κ2) is 7.04. The lowest BCUT2D eigenvalue weighted by Crippen LogP contribution is -2.01. The van der Waals surface area contributed by atoms with Crippen LogP contribution in [0.25, 0.3) is 11.6 Å². The summed E-state index contributed by atoms with van der Waals surface area (Å²) in [4.78, 5) is 4.44. The van der Waals surface area contributed by atoms with Crippen molar-refractivity contribution in [2.75, 3.05) is 0 Å². The zero-order chi connectivity index (χ0) is 17.1. The van der Waals surface area contributed by atoms with Gasteiger partial charge in [0.15, 0.2) is 16.7 Å². The number of thioether (sulfide) groups is 1. The number of hydrogen-bond acceptors (Lipinski definition) is 7. The summed E-state index contributed by atoms with van der Waals surface area (Å²) in [5.41, 5.74) is 0. The van der Waals surface area contributed by atoms with Gasteiger partial charge in [0.2, 0.25) is 11.7 Å². The van der Waals surface area contributed by atoms with Crippen molar-refractivity contribution in [2.24, 2.45) is 0 Å². The standard InChI is InChI=1S/C16H19N5O2S/c1-5-8-21-14(12-7-6-9-22-12)18-19-16(21)24-11(4)15-17-13(10(2)3)20-23-15/h5-7,9-11H,1,8H2,2-4H3. The summed E-state index contributed by atoms with van der Waals surface area (Å²) in [5.74, 6) is 2.86. The molecular formula is C16H19N5O2S. The van der Waals surface area contributed by atoms with Gasteiger partial charge in [-0.1, -0.05) is 36.8 Å². The first-order valence-electron chi connectivity index (χ1n) is 7.68. The van der Waals surface area contributed by atoms with Crippen molar-refractivity contribution in [3.8, 4) is 11.6 Å². The summed E-state index contributed by atoms with van der Waals surface area (Å²) in [5, 5.41) is 13.2. The van der Waals surface area contributed by atoms with Gasteiger partial charge < -0.3 is 8.94 Å². The monoisotopic (exact) mass is 345 g/mol. The Morgan fingerprint density at radius 1 is 1.33 bits per heavy atom. The first-order valence-corrected chi connectivity index (χ1v) is 8.56. The Hall–Kier alpha value is -2.35. The van der Waals surface area contributed by atoms with Gasteiger partial charge in [-0.05, 0) is 19.1 Å². The minimum absolute atomic E-state index is 0.0396. The fourth-order valence-electron chi connectivity index (χ4n) is 2.11. The van der Waals surface area contributed by atoms with Gasteiger partial charge in [0.25, 0.3) is 0 Å². The predicted octanol–water partition coefficient (Wildman–Crippen LogP) is 4.08. The first kappa shape index (κ1) is 16.5. The van der Waals surface area contributed by atoms with E-state index >= 15 is 0 Å². The lowest BCUT2D eigenvalue weighted by Gasteiger charge is -2.08. The zero-order valence-corrected chi connectivity index (χ0v) is 14.7. The molecule has 126 valence electrons. The van der Waals surface area contributed by atoms with Crippen molar-refractivity contribution in [3.63, 3.8) is 0 Å². The van der Waals surface area contributed by atoms with Gasteiger partial charge in [0, 0.05) is 12.5 Å². The van der Waals surface area contributed by atoms with Crippen molar-refractivity contribution in [2.45, 2.75) is 43.6 Å². The Labute approximate surface area is 144 Å². The summed E-state index contributed by atoms with van der Waals surface area (Å²) in [6, 6.07) is 3.68. The van der Waals surface area contributed by atoms with E-state index in [9.17, 15) is 0 Å². The highest BCUT2D eigenvalue weighted by Gasteiger charge is 2.22. The van der Waals surface area contributed by atoms with Crippen LogP contribution >= 0.6 is 11.8 Å². The van der Waals surface area contributed by atoms with Crippen LogP contribution in [-0.2, 0) is 6.54 Å². The highest BCUT2D eigenvalue weighted by atomic mass is 32.2. The molecule has 7 nitrogen and oxygen atoms in total. The number of furan rings is 1. The third-order valence-corrected chi connectivity index (χ3v) is 4.44. The second-order valence-electron chi connectivity index (χ2n) is 5.59. The average Bonchev–Trinajstić information content (AvgIpc) is 3.28. The number of nitrogens with zero attached hydrogens (tertiary/aromatic N) is 5. The quantitative estimate of drug-likeness (QED) is 0.471. The SMILES string of the molecule is C=CCn1c(SC(C)c2nc(C(C)C)no2)nnc1-c1ccco1. The van der Waals surface area contributed by atoms with Gasteiger partial charge in [0.1, 0.15) is 0 Å². The van der Waals surface area contributed by atoms with Crippen LogP contribution in [0.2, 0.25) is 0 Å². The molecule has 0 aliphatic carbocycles. The van der Waals surface area contributed by atoms with Crippen molar-refractivity contribution in [1.82, 2.24) is 24.9 Å². The summed E-state index contributed by atoms with van der Waals surface area (Å²) >= 11 is 1.51. The molecule has 0 radical (unpaired) electrons. The Bertz CT molecular complexity index is 806. The molecule has 1 atom stereocenters. The molecule has 0 aliphatic heterocycles. The normalized spacial score (nSPS) is 12.7. The van der Waals surface area contributed by atoms with E-state index in [0.29, 0.717) is 29.8 Å². The molecule has 0 saturated carbocycles. The van der Waals surface area contributed by atoms with E-state index < -0.39 is 0 Å². The highest BCUT2D eigenvalue weighted by molar-refractivity contribution is 7.99. The molecular weight excluding hydrogens is 326 g/mol. The van der Waals surface area contributed by atoms with Gasteiger partial charge in [-0.25, -0.2) is 0 Å². The summed E-state index contributed by atoms with van der Waals surface area (Å²) in [6.45, 7) is 10.4. The van der Waals surface area contributed by atoms with Crippen LogP contribution in [0, 0.1) is 0 Å². The van der Waals surface area contributed by atoms with E-state index in [4.69, 9.17) is 8.94 Å². The van der Waals surface area contributed by atoms with Crippen molar-refractivity contribution in [1.29, 1.82) is 0 Å². The van der Waals surface area contributed by atoms with Crippen molar-refractivity contribution in [3.05, 3.63) is 42.8 Å². The minimum Gasteiger partial charge on any atom is -0.461 e. The van der Waals surface area contributed by atoms with Crippen LogP contribution in [0.4, 0.5) is 0 Å². The maximum atomic E-state index is 5.43. The molecule has 0 bridgehead atoms. The fraction of sp³-hybridized carbons (Fsp3) is 0.375. The van der Waals surface area contributed by atoms with E-state index in [2.05, 4.69) is 26.9 Å². The van der Waals surface area contributed by atoms with Crippen LogP contribution in [0.3, 0.4) is 0 Å². The molecule has 0 amide bonds. The smallest absolute Gasteiger partial charge is 0.239 e. The van der Waals surface area contributed by atoms with Gasteiger partial charge in [-0.15, -0.1) is 16.8 Å². The largest absolute Gasteiger partial charge is 0.461 e. The maximum absolute atomic E-state index is 5.43. The molecule has 1 unspecified atom stereocenters. The van der Waals surface area contributed by atoms with Gasteiger partial charge in [0.05, 0.1) is 11.5 Å². The molecule has 0 aliphatic rings. The van der Waals surface area contributed by atoms with Crippen LogP contribution in [-0.4, -0.2) is 24.9 Å². The third kappa shape index (κ3) is 3.28. The van der Waals surface area contributed by atoms with E-state index in [1.165, 1.54) is 11.8 Å². The molecule has 3 rings (SSSR count). The zero-order valence-electron chi connectivity index (χ0n) is 13.8. The molecule has 3 heterocycles. The predicted molar refractivity (Wildman–Crippen MR) is 90.6 cm³/mol. The molecule has 0 fully saturated rings. The van der Waals surface area contributed by atoms with Crippen LogP contribution in [0.1, 0.15) is 43.7 Å². The molecule has 24 heavy (non-hydrogen) atoms. The highest BCUT2D eigenvalue weighted by Crippen LogP contribution is 2.35. The molecule has 3 aromatic heterocycles. The topological polar surface area (TPSA) is 82.8 Å². The van der Waals surface area contributed by atoms with E-state index in [1.807, 2.05) is 37.5 Å². The number of hydrogen-bond donors (Lipinski definition) is 0. The van der Waals surface area contributed by atoms with Crippen molar-refractivity contribution < 1.29 is 8.94 Å². The van der Waals surface area contributed by atoms with Crippen molar-refractivity contribution >= 4 is 11.8 Å². The third-order valence-electron chi connectivity index (χ3n) is 3.37. The lowest BCUT2D eigenvalue weighted by molar-refractivity contribution is 0.373. The van der Waals surface area contributed by atoms with Gasteiger partial charge in [-0.3, -0.25) is 4.57 Å². The average molecular weight is 345 g/mol. The second-order valence-corrected chi connectivity index (χ2v) is 6.90. The Kier molecular flexibility index (Phi) is 4.84. The van der Waals surface area contributed by atoms with Crippen LogP contribution in [0.5, 0.6) is 0 Å². The number of allylic oxidation sites excluding steroid dienone is 1. The van der Waals surface area contributed by atoms with Crippen LogP contribution < -0.4 is 0 Å². The molecule has 3 aromatic rings. The Morgan fingerprint density at radius 3 is 2.79 bits per heavy atom. The summed E-state index contributed by atoms with van der Waals surface area (Å²) in [7, 11) is 0. The molecule has 8 heteroatoms. The Balaban J connectivity index is 1.85. The maximum Gasteiger partial charge on any atom is 0.239 e. The lowest BCUT2D eigenvalue weighted by atomic mass is 10.2. The van der Waals surface area contributed by atoms with Gasteiger partial charge in [-0.2, -0.15) is 4.98 Å². The fourth-order valence-corrected chi connectivity index (χ4v) is 3.00. The Morgan fingerprint density at radius 2 is 2.17 bits per heavy atom. The number of rotatable bonds is 7. The van der Waals surface area contributed by atoms with E-state index in [-0.39, 0.29) is 11.2 Å². The minimum atomic E-state index is -0.0396. The molecule has 0 aromatic carbocycles. The number of aromatic nitrogens is 5. The molecule has 0 saturated heterocycles. The summed E-state index contributed by atoms with van der Waals surface area (Å²) in [6.07, 6.45) is 3.41. The molecule has 0 spiro atoms. The van der Waals surface area contributed by atoms with E-state index in [1.54, 1.807) is 12.3 Å².